The Bertz CT molecular complexity index is 1320. The molecule has 0 atom stereocenters. The van der Waals surface area contributed by atoms with E-state index in [0.29, 0.717) is 66.3 Å². The summed E-state index contributed by atoms with van der Waals surface area (Å²) in [6.07, 6.45) is 3.41. The van der Waals surface area contributed by atoms with Gasteiger partial charge >= 0.3 is 5.97 Å². The first-order chi connectivity index (χ1) is 17.8. The van der Waals surface area contributed by atoms with E-state index in [9.17, 15) is 19.5 Å². The van der Waals surface area contributed by atoms with Gasteiger partial charge in [-0.2, -0.15) is 0 Å². The minimum atomic E-state index is -0.956. The normalized spacial score (nSPS) is 11.0. The van der Waals surface area contributed by atoms with Crippen LogP contribution in [0.15, 0.2) is 39.5 Å². The van der Waals surface area contributed by atoms with E-state index in [0.717, 1.165) is 18.4 Å². The van der Waals surface area contributed by atoms with Gasteiger partial charge in [0, 0.05) is 30.0 Å². The first-order valence-electron chi connectivity index (χ1n) is 12.7. The van der Waals surface area contributed by atoms with Crippen molar-refractivity contribution in [2.45, 2.75) is 65.7 Å². The molecular weight excluding hydrogens is 476 g/mol. The van der Waals surface area contributed by atoms with E-state index < -0.39 is 5.97 Å². The monoisotopic (exact) mass is 510 g/mol. The minimum Gasteiger partial charge on any atom is -0.507 e. The van der Waals surface area contributed by atoms with Crippen LogP contribution in [0, 0.1) is 0 Å². The molecule has 0 saturated heterocycles. The number of ketones is 1. The van der Waals surface area contributed by atoms with Gasteiger partial charge in [-0.1, -0.05) is 26.7 Å². The molecule has 0 unspecified atom stereocenters. The molecule has 0 fully saturated rings. The minimum absolute atomic E-state index is 0.0207. The predicted molar refractivity (Wildman–Crippen MR) is 140 cm³/mol. The molecule has 3 rings (SSSR count). The third kappa shape index (κ3) is 6.90. The standard InChI is InChI=1S/C29H34O8/c1-4-7-22-25(12-10-20(18(3)30)28(22)34)35-15-6-16-36-26-13-11-21-24(31)17-19(9-14-27(32)33)37-29(21)23(26)8-5-2/h10-13,17,34H,4-9,14-16H2,1-3H3,(H,32,33). The van der Waals surface area contributed by atoms with E-state index in [1.807, 2.05) is 13.8 Å². The molecule has 0 radical (unpaired) electrons. The first-order valence-corrected chi connectivity index (χ1v) is 12.7. The van der Waals surface area contributed by atoms with E-state index in [4.69, 9.17) is 19.0 Å². The quantitative estimate of drug-likeness (QED) is 0.216. The van der Waals surface area contributed by atoms with E-state index in [1.54, 1.807) is 24.3 Å². The fourth-order valence-electron chi connectivity index (χ4n) is 4.23. The number of carbonyl (C=O) groups is 2. The summed E-state index contributed by atoms with van der Waals surface area (Å²) in [4.78, 5) is 35.3. The summed E-state index contributed by atoms with van der Waals surface area (Å²) < 4.78 is 17.9. The Balaban J connectivity index is 1.72. The third-order valence-electron chi connectivity index (χ3n) is 6.02. The van der Waals surface area contributed by atoms with Crippen molar-refractivity contribution >= 4 is 22.7 Å². The molecule has 0 amide bonds. The van der Waals surface area contributed by atoms with Crippen LogP contribution in [0.1, 0.15) is 73.7 Å². The van der Waals surface area contributed by atoms with Crippen LogP contribution in [0.25, 0.3) is 11.0 Å². The van der Waals surface area contributed by atoms with Gasteiger partial charge in [-0.3, -0.25) is 14.4 Å². The molecule has 3 aromatic rings. The summed E-state index contributed by atoms with van der Waals surface area (Å²) in [6.45, 7) is 6.13. The van der Waals surface area contributed by atoms with Gasteiger partial charge in [0.1, 0.15) is 28.6 Å². The van der Waals surface area contributed by atoms with Crippen LogP contribution < -0.4 is 14.9 Å². The summed E-state index contributed by atoms with van der Waals surface area (Å²) in [5, 5.41) is 19.9. The van der Waals surface area contributed by atoms with Gasteiger partial charge < -0.3 is 24.1 Å². The van der Waals surface area contributed by atoms with Gasteiger partial charge in [0.05, 0.1) is 30.6 Å². The number of ether oxygens (including phenoxy) is 2. The SMILES string of the molecule is CCCc1c(OCCCOc2ccc3c(=O)cc(CCC(=O)O)oc3c2CCC)ccc(C(C)=O)c1O. The fraction of sp³-hybridized carbons (Fsp3) is 0.414. The molecule has 0 aliphatic carbocycles. The Morgan fingerprint density at radius 1 is 0.919 bits per heavy atom. The number of phenols is 1. The Kier molecular flexibility index (Phi) is 9.71. The predicted octanol–water partition coefficient (Wildman–Crippen LogP) is 5.47. The lowest BCUT2D eigenvalue weighted by Crippen LogP contribution is -2.09. The van der Waals surface area contributed by atoms with Crippen LogP contribution in [0.2, 0.25) is 0 Å². The Labute approximate surface area is 215 Å². The second-order valence-electron chi connectivity index (χ2n) is 8.93. The molecule has 37 heavy (non-hydrogen) atoms. The highest BCUT2D eigenvalue weighted by Crippen LogP contribution is 2.33. The summed E-state index contributed by atoms with van der Waals surface area (Å²) >= 11 is 0. The van der Waals surface area contributed by atoms with Crippen molar-refractivity contribution in [3.63, 3.8) is 0 Å². The van der Waals surface area contributed by atoms with E-state index >= 15 is 0 Å². The molecule has 8 heteroatoms. The summed E-state index contributed by atoms with van der Waals surface area (Å²) in [5.74, 6) is 0.332. The van der Waals surface area contributed by atoms with Crippen LogP contribution in [0.5, 0.6) is 17.2 Å². The molecule has 0 spiro atoms. The fourth-order valence-corrected chi connectivity index (χ4v) is 4.23. The van der Waals surface area contributed by atoms with Gasteiger partial charge in [0.2, 0.25) is 0 Å². The number of carbonyl (C=O) groups excluding carboxylic acids is 1. The molecule has 0 aliphatic rings. The molecule has 2 N–H and O–H groups in total. The van der Waals surface area contributed by atoms with Crippen molar-refractivity contribution in [3.05, 3.63) is 63.0 Å². The Hall–Kier alpha value is -3.81. The van der Waals surface area contributed by atoms with Gasteiger partial charge in [-0.25, -0.2) is 0 Å². The number of rotatable bonds is 14. The first kappa shape index (κ1) is 27.8. The number of fused-ring (bicyclic) bond motifs is 1. The van der Waals surface area contributed by atoms with E-state index in [-0.39, 0.29) is 35.4 Å². The van der Waals surface area contributed by atoms with Crippen LogP contribution in [-0.2, 0) is 24.1 Å². The lowest BCUT2D eigenvalue weighted by molar-refractivity contribution is -0.137. The highest BCUT2D eigenvalue weighted by atomic mass is 16.5. The molecule has 1 heterocycles. The highest BCUT2D eigenvalue weighted by molar-refractivity contribution is 5.97. The van der Waals surface area contributed by atoms with Crippen molar-refractivity contribution < 1.29 is 33.7 Å². The molecule has 0 aliphatic heterocycles. The van der Waals surface area contributed by atoms with Gasteiger partial charge in [0.25, 0.3) is 0 Å². The number of carboxylic acids is 1. The molecule has 2 aromatic carbocycles. The zero-order valence-corrected chi connectivity index (χ0v) is 21.6. The number of benzene rings is 2. The van der Waals surface area contributed by atoms with Crippen molar-refractivity contribution in [2.24, 2.45) is 0 Å². The molecule has 0 bridgehead atoms. The summed E-state index contributed by atoms with van der Waals surface area (Å²) in [7, 11) is 0. The number of hydrogen-bond acceptors (Lipinski definition) is 7. The second-order valence-corrected chi connectivity index (χ2v) is 8.93. The third-order valence-corrected chi connectivity index (χ3v) is 6.02. The smallest absolute Gasteiger partial charge is 0.303 e. The molecular formula is C29H34O8. The highest BCUT2D eigenvalue weighted by Gasteiger charge is 2.17. The molecule has 1 aromatic heterocycles. The summed E-state index contributed by atoms with van der Waals surface area (Å²) in [6, 6.07) is 8.08. The summed E-state index contributed by atoms with van der Waals surface area (Å²) in [5.41, 5.74) is 1.93. The van der Waals surface area contributed by atoms with E-state index in [1.165, 1.54) is 13.0 Å². The van der Waals surface area contributed by atoms with Gasteiger partial charge in [-0.05, 0) is 44.0 Å². The van der Waals surface area contributed by atoms with Crippen LogP contribution in [-0.4, -0.2) is 35.2 Å². The largest absolute Gasteiger partial charge is 0.507 e. The van der Waals surface area contributed by atoms with Crippen LogP contribution >= 0.6 is 0 Å². The average molecular weight is 511 g/mol. The lowest BCUT2D eigenvalue weighted by Gasteiger charge is -2.16. The lowest BCUT2D eigenvalue weighted by atomic mass is 10.0. The van der Waals surface area contributed by atoms with Crippen molar-refractivity contribution in [3.8, 4) is 17.2 Å². The average Bonchev–Trinajstić information content (AvgIpc) is 2.85. The molecule has 0 saturated carbocycles. The van der Waals surface area contributed by atoms with Crippen molar-refractivity contribution in [1.29, 1.82) is 0 Å². The Morgan fingerprint density at radius 3 is 2.16 bits per heavy atom. The number of aryl methyl sites for hydroxylation is 2. The van der Waals surface area contributed by atoms with Crippen LogP contribution in [0.4, 0.5) is 0 Å². The van der Waals surface area contributed by atoms with E-state index in [2.05, 4.69) is 0 Å². The number of Topliss-reactive ketones (excluding diaryl/α,β-unsaturated/α-hetero) is 1. The number of phenolic OH excluding ortho intramolecular Hbond substituents is 1. The number of carboxylic acid groups (broad SMARTS) is 1. The molecule has 198 valence electrons. The zero-order chi connectivity index (χ0) is 26.9. The molecule has 8 nitrogen and oxygen atoms in total. The Morgan fingerprint density at radius 2 is 1.54 bits per heavy atom. The number of hydrogen-bond donors (Lipinski definition) is 2. The number of aromatic hydroxyl groups is 1. The maximum Gasteiger partial charge on any atom is 0.303 e. The number of aliphatic carboxylic acids is 1. The second kappa shape index (κ2) is 12.9. The van der Waals surface area contributed by atoms with Crippen LogP contribution in [0.3, 0.4) is 0 Å². The topological polar surface area (TPSA) is 123 Å². The van der Waals surface area contributed by atoms with Crippen molar-refractivity contribution in [2.75, 3.05) is 13.2 Å². The van der Waals surface area contributed by atoms with Gasteiger partial charge in [-0.15, -0.1) is 0 Å². The van der Waals surface area contributed by atoms with Crippen molar-refractivity contribution in [1.82, 2.24) is 0 Å². The maximum atomic E-state index is 12.6. The van der Waals surface area contributed by atoms with Gasteiger partial charge in [0.15, 0.2) is 11.2 Å². The maximum absolute atomic E-state index is 12.6. The zero-order valence-electron chi connectivity index (χ0n) is 21.6.